The molecule has 0 saturated heterocycles. The third-order valence-corrected chi connectivity index (χ3v) is 4.67. The zero-order chi connectivity index (χ0) is 21.3. The lowest BCUT2D eigenvalue weighted by molar-refractivity contribution is -0.133. The highest BCUT2D eigenvalue weighted by Gasteiger charge is 2.17. The number of carboxylic acids is 1. The molecule has 30 heavy (non-hydrogen) atoms. The quantitative estimate of drug-likeness (QED) is 0.545. The Morgan fingerprint density at radius 2 is 1.90 bits per heavy atom. The van der Waals surface area contributed by atoms with Gasteiger partial charge in [0.1, 0.15) is 12.4 Å². The van der Waals surface area contributed by atoms with Gasteiger partial charge in [-0.3, -0.25) is 9.36 Å². The number of hydrogen-bond acceptors (Lipinski definition) is 8. The topological polar surface area (TPSA) is 116 Å². The summed E-state index contributed by atoms with van der Waals surface area (Å²) in [5.74, 6) is 1.47. The number of hydrogen-bond donors (Lipinski definition) is 2. The maximum atomic E-state index is 10.9. The van der Waals surface area contributed by atoms with Crippen molar-refractivity contribution in [1.29, 1.82) is 0 Å². The molecule has 1 aromatic heterocycles. The number of ether oxygens (including phenoxy) is 3. The van der Waals surface area contributed by atoms with Crippen molar-refractivity contribution in [3.05, 3.63) is 54.4 Å². The molecule has 0 saturated carbocycles. The predicted octanol–water partition coefficient (Wildman–Crippen LogP) is 2.75. The minimum absolute atomic E-state index is 0.103. The summed E-state index contributed by atoms with van der Waals surface area (Å²) in [5, 5.41) is 25.3. The number of aliphatic hydroxyl groups is 1. The summed E-state index contributed by atoms with van der Waals surface area (Å²) in [6.07, 6.45) is 0. The number of thioether (sulfide) groups is 1. The normalized spacial score (nSPS) is 11.5. The first-order chi connectivity index (χ1) is 14.6. The van der Waals surface area contributed by atoms with Crippen LogP contribution >= 0.6 is 11.8 Å². The number of carboxylic acid groups (broad SMARTS) is 1. The van der Waals surface area contributed by atoms with Crippen molar-refractivity contribution in [2.45, 2.75) is 18.7 Å². The van der Waals surface area contributed by atoms with Crippen molar-refractivity contribution in [2.75, 3.05) is 19.2 Å². The molecule has 2 aromatic carbocycles. The number of aliphatic hydroxyl groups excluding tert-OH is 1. The molecule has 1 aliphatic heterocycles. The molecule has 0 bridgehead atoms. The predicted molar refractivity (Wildman–Crippen MR) is 109 cm³/mol. The highest BCUT2D eigenvalue weighted by atomic mass is 32.2. The molecule has 0 spiro atoms. The number of nitrogens with zero attached hydrogens (tertiary/aromatic N) is 3. The van der Waals surface area contributed by atoms with E-state index in [0.29, 0.717) is 28.2 Å². The first-order valence-electron chi connectivity index (χ1n) is 9.10. The Bertz CT molecular complexity index is 980. The minimum Gasteiger partial charge on any atom is -0.485 e. The van der Waals surface area contributed by atoms with Gasteiger partial charge < -0.3 is 24.4 Å². The van der Waals surface area contributed by atoms with E-state index in [1.165, 1.54) is 0 Å². The van der Waals surface area contributed by atoms with E-state index in [1.54, 1.807) is 29.7 Å². The number of carbonyl (C=O) groups is 1. The zero-order valence-electron chi connectivity index (χ0n) is 16.2. The van der Waals surface area contributed by atoms with Crippen LogP contribution in [0.15, 0.2) is 53.7 Å². The fourth-order valence-electron chi connectivity index (χ4n) is 2.56. The van der Waals surface area contributed by atoms with Gasteiger partial charge >= 0.3 is 5.97 Å². The lowest BCUT2D eigenvalue weighted by Crippen LogP contribution is -2.07. The number of fused-ring (bicyclic) bond motifs is 1. The van der Waals surface area contributed by atoms with E-state index in [-0.39, 0.29) is 25.8 Å². The molecule has 158 valence electrons. The highest BCUT2D eigenvalue weighted by Crippen LogP contribution is 2.35. The Morgan fingerprint density at radius 3 is 2.63 bits per heavy atom. The van der Waals surface area contributed by atoms with Crippen LogP contribution in [0.25, 0.3) is 5.69 Å². The van der Waals surface area contributed by atoms with Crippen LogP contribution in [0.2, 0.25) is 0 Å². The second-order valence-electron chi connectivity index (χ2n) is 5.87. The highest BCUT2D eigenvalue weighted by molar-refractivity contribution is 7.99. The molecule has 0 aliphatic carbocycles. The maximum absolute atomic E-state index is 10.9. The largest absolute Gasteiger partial charge is 0.485 e. The number of aliphatic carboxylic acids is 1. The Kier molecular flexibility index (Phi) is 7.52. The lowest BCUT2D eigenvalue weighted by Gasteiger charge is -2.11. The average Bonchev–Trinajstić information content (AvgIpc) is 3.38. The minimum atomic E-state index is -0.916. The molecule has 4 rings (SSSR count). The van der Waals surface area contributed by atoms with Crippen LogP contribution in [0.3, 0.4) is 0 Å². The van der Waals surface area contributed by atoms with E-state index in [0.717, 1.165) is 17.4 Å². The summed E-state index contributed by atoms with van der Waals surface area (Å²) in [7, 11) is 0. The summed E-state index contributed by atoms with van der Waals surface area (Å²) in [6.45, 7) is 2.29. The monoisotopic (exact) mass is 431 g/mol. The lowest BCUT2D eigenvalue weighted by atomic mass is 10.3. The Labute approximate surface area is 177 Å². The average molecular weight is 431 g/mol. The molecule has 2 heterocycles. The molecule has 10 heteroatoms. The maximum Gasteiger partial charge on any atom is 0.313 e. The molecular formula is C20H21N3O6S. The zero-order valence-corrected chi connectivity index (χ0v) is 17.0. The molecular weight excluding hydrogens is 410 g/mol. The van der Waals surface area contributed by atoms with Crippen molar-refractivity contribution < 1.29 is 29.2 Å². The molecule has 0 amide bonds. The van der Waals surface area contributed by atoms with E-state index < -0.39 is 5.97 Å². The fourth-order valence-corrected chi connectivity index (χ4v) is 3.26. The van der Waals surface area contributed by atoms with Crippen LogP contribution in [0, 0.1) is 0 Å². The Hall–Kier alpha value is -3.24. The SMILES string of the molecule is CCO.O=C(O)CSc1nnc(COc2ccc3c(c2)OCO3)n1-c1ccccc1. The molecule has 2 N–H and O–H groups in total. The molecule has 0 radical (unpaired) electrons. The number of rotatable bonds is 7. The summed E-state index contributed by atoms with van der Waals surface area (Å²) >= 11 is 1.11. The van der Waals surface area contributed by atoms with Crippen molar-refractivity contribution >= 4 is 17.7 Å². The Morgan fingerprint density at radius 1 is 1.17 bits per heavy atom. The second kappa shape index (κ2) is 10.5. The molecule has 3 aromatic rings. The molecule has 0 atom stereocenters. The third kappa shape index (κ3) is 5.43. The molecule has 0 unspecified atom stereocenters. The van der Waals surface area contributed by atoms with Crippen LogP contribution in [-0.2, 0) is 11.4 Å². The number of para-hydroxylation sites is 1. The van der Waals surface area contributed by atoms with Crippen molar-refractivity contribution in [2.24, 2.45) is 0 Å². The Balaban J connectivity index is 0.000000806. The van der Waals surface area contributed by atoms with Gasteiger partial charge in [-0.1, -0.05) is 30.0 Å². The molecule has 9 nitrogen and oxygen atoms in total. The van der Waals surface area contributed by atoms with E-state index in [2.05, 4.69) is 10.2 Å². The van der Waals surface area contributed by atoms with Gasteiger partial charge in [0.15, 0.2) is 22.5 Å². The van der Waals surface area contributed by atoms with Crippen molar-refractivity contribution in [3.8, 4) is 22.9 Å². The van der Waals surface area contributed by atoms with Gasteiger partial charge in [-0.25, -0.2) is 0 Å². The summed E-state index contributed by atoms with van der Waals surface area (Å²) in [6, 6.07) is 14.8. The first-order valence-corrected chi connectivity index (χ1v) is 10.1. The van der Waals surface area contributed by atoms with Gasteiger partial charge in [0.2, 0.25) is 6.79 Å². The van der Waals surface area contributed by atoms with Gasteiger partial charge in [0.25, 0.3) is 0 Å². The van der Waals surface area contributed by atoms with Gasteiger partial charge in [-0.2, -0.15) is 0 Å². The van der Waals surface area contributed by atoms with Gasteiger partial charge in [-0.05, 0) is 31.2 Å². The molecule has 1 aliphatic rings. The van der Waals surface area contributed by atoms with E-state index in [4.69, 9.17) is 24.4 Å². The van der Waals surface area contributed by atoms with Gasteiger partial charge in [0, 0.05) is 18.4 Å². The van der Waals surface area contributed by atoms with E-state index in [9.17, 15) is 4.79 Å². The van der Waals surface area contributed by atoms with Crippen LogP contribution in [0.5, 0.6) is 17.2 Å². The van der Waals surface area contributed by atoms with Crippen LogP contribution in [0.4, 0.5) is 0 Å². The van der Waals surface area contributed by atoms with Crippen molar-refractivity contribution in [1.82, 2.24) is 14.8 Å². The van der Waals surface area contributed by atoms with Crippen LogP contribution < -0.4 is 14.2 Å². The van der Waals surface area contributed by atoms with Crippen LogP contribution in [-0.4, -0.2) is 50.1 Å². The fraction of sp³-hybridized carbons (Fsp3) is 0.250. The standard InChI is InChI=1S/C18H15N3O5S.C2H6O/c22-17(23)10-27-18-20-19-16(21(18)12-4-2-1-3-5-12)9-24-13-6-7-14-15(8-13)26-11-25-14;1-2-3/h1-8H,9-11H2,(H,22,23);3H,2H2,1H3. The summed E-state index contributed by atoms with van der Waals surface area (Å²) in [4.78, 5) is 10.9. The van der Waals surface area contributed by atoms with Gasteiger partial charge in [-0.15, -0.1) is 10.2 Å². The smallest absolute Gasteiger partial charge is 0.313 e. The number of benzene rings is 2. The van der Waals surface area contributed by atoms with Crippen molar-refractivity contribution in [3.63, 3.8) is 0 Å². The summed E-state index contributed by atoms with van der Waals surface area (Å²) in [5.41, 5.74) is 0.833. The summed E-state index contributed by atoms with van der Waals surface area (Å²) < 4.78 is 18.3. The third-order valence-electron chi connectivity index (χ3n) is 3.75. The number of aromatic nitrogens is 3. The second-order valence-corrected chi connectivity index (χ2v) is 6.81. The first kappa shape index (κ1) is 21.5. The van der Waals surface area contributed by atoms with E-state index in [1.807, 2.05) is 30.3 Å². The van der Waals surface area contributed by atoms with E-state index >= 15 is 0 Å². The van der Waals surface area contributed by atoms with Crippen LogP contribution in [0.1, 0.15) is 12.7 Å². The molecule has 0 fully saturated rings. The van der Waals surface area contributed by atoms with Gasteiger partial charge in [0.05, 0.1) is 5.75 Å².